The number of ether oxygens (including phenoxy) is 1. The Labute approximate surface area is 116 Å². The zero-order chi connectivity index (χ0) is 13.5. The van der Waals surface area contributed by atoms with Gasteiger partial charge in [-0.25, -0.2) is 0 Å². The van der Waals surface area contributed by atoms with Crippen molar-refractivity contribution in [1.29, 1.82) is 0 Å². The Kier molecular flexibility index (Phi) is 3.20. The zero-order valence-electron chi connectivity index (χ0n) is 12.3. The number of rotatable bonds is 2. The first kappa shape index (κ1) is 12.8. The van der Waals surface area contributed by atoms with Gasteiger partial charge in [-0.1, -0.05) is 38.8 Å². The maximum atomic E-state index is 5.48. The lowest BCUT2D eigenvalue weighted by atomic mass is 9.63. The molecule has 1 aliphatic heterocycles. The fourth-order valence-electron chi connectivity index (χ4n) is 4.16. The van der Waals surface area contributed by atoms with Crippen molar-refractivity contribution < 1.29 is 4.74 Å². The van der Waals surface area contributed by atoms with Gasteiger partial charge in [0.1, 0.15) is 5.75 Å². The highest BCUT2D eigenvalue weighted by Gasteiger charge is 2.41. The summed E-state index contributed by atoms with van der Waals surface area (Å²) < 4.78 is 5.48. The predicted molar refractivity (Wildman–Crippen MR) is 80.0 cm³/mol. The highest BCUT2D eigenvalue weighted by molar-refractivity contribution is 5.67. The first-order chi connectivity index (χ1) is 9.13. The number of methoxy groups -OCH3 is 1. The summed E-state index contributed by atoms with van der Waals surface area (Å²) in [5, 5.41) is 3.58. The lowest BCUT2D eigenvalue weighted by molar-refractivity contribution is 0.116. The van der Waals surface area contributed by atoms with Crippen LogP contribution in [0.4, 0.5) is 5.69 Å². The third kappa shape index (κ3) is 2.11. The van der Waals surface area contributed by atoms with E-state index in [2.05, 4.69) is 37.4 Å². The fourth-order valence-corrected chi connectivity index (χ4v) is 4.16. The van der Waals surface area contributed by atoms with E-state index in [9.17, 15) is 0 Å². The van der Waals surface area contributed by atoms with Gasteiger partial charge in [0, 0.05) is 12.5 Å². The average Bonchev–Trinajstić information content (AvgIpc) is 2.82. The first-order valence-corrected chi connectivity index (χ1v) is 7.54. The van der Waals surface area contributed by atoms with Gasteiger partial charge in [-0.2, -0.15) is 0 Å². The summed E-state index contributed by atoms with van der Waals surface area (Å²) in [5.74, 6) is 2.44. The first-order valence-electron chi connectivity index (χ1n) is 7.54. The monoisotopic (exact) mass is 259 g/mol. The Morgan fingerprint density at radius 1 is 1.26 bits per heavy atom. The maximum Gasteiger partial charge on any atom is 0.142 e. The molecule has 0 spiro atoms. The van der Waals surface area contributed by atoms with Crippen molar-refractivity contribution in [2.45, 2.75) is 45.4 Å². The van der Waals surface area contributed by atoms with E-state index in [4.69, 9.17) is 4.74 Å². The Bertz CT molecular complexity index is 466. The maximum absolute atomic E-state index is 5.48. The largest absolute Gasteiger partial charge is 0.495 e. The second kappa shape index (κ2) is 4.73. The molecule has 2 atom stereocenters. The fraction of sp³-hybridized carbons (Fsp3) is 0.647. The van der Waals surface area contributed by atoms with Gasteiger partial charge in [0.2, 0.25) is 0 Å². The van der Waals surface area contributed by atoms with E-state index in [-0.39, 0.29) is 0 Å². The van der Waals surface area contributed by atoms with Crippen molar-refractivity contribution in [2.75, 3.05) is 19.0 Å². The van der Waals surface area contributed by atoms with E-state index in [0.717, 1.165) is 18.2 Å². The Balaban J connectivity index is 1.94. The molecule has 1 aliphatic carbocycles. The Morgan fingerprint density at radius 2 is 2.11 bits per heavy atom. The summed E-state index contributed by atoms with van der Waals surface area (Å²) in [6, 6.07) is 6.47. The summed E-state index contributed by atoms with van der Waals surface area (Å²) in [6.45, 7) is 5.98. The molecule has 104 valence electrons. The minimum atomic E-state index is 0.468. The topological polar surface area (TPSA) is 21.3 Å². The van der Waals surface area contributed by atoms with Crippen LogP contribution in [0.1, 0.15) is 51.0 Å². The lowest BCUT2D eigenvalue weighted by Gasteiger charge is -2.42. The van der Waals surface area contributed by atoms with E-state index in [0.29, 0.717) is 11.3 Å². The molecule has 19 heavy (non-hydrogen) atoms. The van der Waals surface area contributed by atoms with Gasteiger partial charge in [-0.05, 0) is 35.8 Å². The molecule has 0 radical (unpaired) electrons. The number of nitrogens with one attached hydrogen (secondary N) is 1. The van der Waals surface area contributed by atoms with Crippen molar-refractivity contribution in [1.82, 2.24) is 0 Å². The molecule has 2 unspecified atom stereocenters. The van der Waals surface area contributed by atoms with Crippen molar-refractivity contribution >= 4 is 5.69 Å². The minimum Gasteiger partial charge on any atom is -0.495 e. The van der Waals surface area contributed by atoms with E-state index in [1.165, 1.54) is 36.9 Å². The van der Waals surface area contributed by atoms with Crippen LogP contribution in [0.2, 0.25) is 0 Å². The minimum absolute atomic E-state index is 0.468. The third-order valence-corrected chi connectivity index (χ3v) is 5.25. The van der Waals surface area contributed by atoms with Crippen molar-refractivity contribution in [3.63, 3.8) is 0 Å². The van der Waals surface area contributed by atoms with Crippen LogP contribution in [-0.4, -0.2) is 13.7 Å². The molecule has 1 aromatic carbocycles. The molecule has 1 N–H and O–H groups in total. The molecule has 0 bridgehead atoms. The van der Waals surface area contributed by atoms with Crippen molar-refractivity contribution in [2.24, 2.45) is 11.3 Å². The van der Waals surface area contributed by atoms with Crippen molar-refractivity contribution in [3.8, 4) is 5.75 Å². The molecule has 0 amide bonds. The molecule has 0 aromatic heterocycles. The molecule has 2 aliphatic rings. The third-order valence-electron chi connectivity index (χ3n) is 5.25. The second-order valence-corrected chi connectivity index (χ2v) is 6.75. The molecule has 3 rings (SSSR count). The molecular weight excluding hydrogens is 234 g/mol. The van der Waals surface area contributed by atoms with Gasteiger partial charge in [0.15, 0.2) is 0 Å². The van der Waals surface area contributed by atoms with Crippen LogP contribution >= 0.6 is 0 Å². The SMILES string of the molecule is COc1cccc2c1NCC2C1CCCCC1(C)C. The van der Waals surface area contributed by atoms with Gasteiger partial charge < -0.3 is 10.1 Å². The Hall–Kier alpha value is -1.18. The van der Waals surface area contributed by atoms with Crippen LogP contribution in [0, 0.1) is 11.3 Å². The van der Waals surface area contributed by atoms with Gasteiger partial charge >= 0.3 is 0 Å². The summed E-state index contributed by atoms with van der Waals surface area (Å²) in [6.07, 6.45) is 5.53. The normalized spacial score (nSPS) is 28.6. The van der Waals surface area contributed by atoms with Crippen LogP contribution in [0.3, 0.4) is 0 Å². The standard InChI is InChI=1S/C17H25NO/c1-17(2)10-5-4-8-14(17)13-11-18-16-12(13)7-6-9-15(16)19-3/h6-7,9,13-14,18H,4-5,8,10-11H2,1-3H3. The number of fused-ring (bicyclic) bond motifs is 1. The van der Waals surface area contributed by atoms with E-state index in [1.54, 1.807) is 7.11 Å². The number of para-hydroxylation sites is 1. The molecule has 1 fully saturated rings. The van der Waals surface area contributed by atoms with E-state index < -0.39 is 0 Å². The van der Waals surface area contributed by atoms with Crippen molar-refractivity contribution in [3.05, 3.63) is 23.8 Å². The smallest absolute Gasteiger partial charge is 0.142 e. The van der Waals surface area contributed by atoms with E-state index in [1.807, 2.05) is 0 Å². The number of hydrogen-bond acceptors (Lipinski definition) is 2. The Morgan fingerprint density at radius 3 is 2.84 bits per heavy atom. The summed E-state index contributed by atoms with van der Waals surface area (Å²) in [7, 11) is 1.76. The van der Waals surface area contributed by atoms with Gasteiger partial charge in [-0.15, -0.1) is 0 Å². The predicted octanol–water partition coefficient (Wildman–Crippen LogP) is 4.42. The molecule has 1 saturated carbocycles. The van der Waals surface area contributed by atoms with Crippen LogP contribution in [-0.2, 0) is 0 Å². The number of hydrogen-bond donors (Lipinski definition) is 1. The van der Waals surface area contributed by atoms with Gasteiger partial charge in [-0.3, -0.25) is 0 Å². The number of benzene rings is 1. The van der Waals surface area contributed by atoms with Crippen LogP contribution < -0.4 is 10.1 Å². The van der Waals surface area contributed by atoms with Crippen LogP contribution in [0.5, 0.6) is 5.75 Å². The van der Waals surface area contributed by atoms with Crippen LogP contribution in [0.25, 0.3) is 0 Å². The average molecular weight is 259 g/mol. The summed E-state index contributed by atoms with van der Waals surface area (Å²) >= 11 is 0. The lowest BCUT2D eigenvalue weighted by Crippen LogP contribution is -2.33. The van der Waals surface area contributed by atoms with Gasteiger partial charge in [0.25, 0.3) is 0 Å². The number of anilines is 1. The van der Waals surface area contributed by atoms with E-state index >= 15 is 0 Å². The summed E-state index contributed by atoms with van der Waals surface area (Å²) in [4.78, 5) is 0. The molecule has 2 nitrogen and oxygen atoms in total. The molecular formula is C17H25NO. The summed E-state index contributed by atoms with van der Waals surface area (Å²) in [5.41, 5.74) is 3.17. The zero-order valence-corrected chi connectivity index (χ0v) is 12.3. The van der Waals surface area contributed by atoms with Gasteiger partial charge in [0.05, 0.1) is 12.8 Å². The van der Waals surface area contributed by atoms with Crippen LogP contribution in [0.15, 0.2) is 18.2 Å². The highest BCUT2D eigenvalue weighted by atomic mass is 16.5. The molecule has 1 aromatic rings. The molecule has 1 heterocycles. The molecule has 0 saturated heterocycles. The second-order valence-electron chi connectivity index (χ2n) is 6.75. The highest BCUT2D eigenvalue weighted by Crippen LogP contribution is 2.52. The molecule has 2 heteroatoms. The quantitative estimate of drug-likeness (QED) is 0.849.